The van der Waals surface area contributed by atoms with Crippen molar-refractivity contribution in [3.05, 3.63) is 29.8 Å². The van der Waals surface area contributed by atoms with Gasteiger partial charge in [-0.25, -0.2) is 0 Å². The van der Waals surface area contributed by atoms with Crippen LogP contribution in [0.25, 0.3) is 0 Å². The fourth-order valence-electron chi connectivity index (χ4n) is 1.73. The predicted molar refractivity (Wildman–Crippen MR) is 76.9 cm³/mol. The Morgan fingerprint density at radius 2 is 1.95 bits per heavy atom. The molecule has 1 atom stereocenters. The minimum Gasteiger partial charge on any atom is -0.362 e. The zero-order chi connectivity index (χ0) is 14.6. The summed E-state index contributed by atoms with van der Waals surface area (Å²) in [6.07, 6.45) is 0. The molecule has 1 N–H and O–H groups in total. The molecule has 4 nitrogen and oxygen atoms in total. The van der Waals surface area contributed by atoms with Gasteiger partial charge >= 0.3 is 0 Å². The molecule has 4 heteroatoms. The Morgan fingerprint density at radius 3 is 2.47 bits per heavy atom. The van der Waals surface area contributed by atoms with Gasteiger partial charge < -0.3 is 10.2 Å². The summed E-state index contributed by atoms with van der Waals surface area (Å²) in [5.41, 5.74) is 1.07. The summed E-state index contributed by atoms with van der Waals surface area (Å²) in [5, 5.41) is 12.0. The average Bonchev–Trinajstić information content (AvgIpc) is 2.34. The summed E-state index contributed by atoms with van der Waals surface area (Å²) in [4.78, 5) is 14.0. The lowest BCUT2D eigenvalue weighted by molar-refractivity contribution is -0.123. The quantitative estimate of drug-likeness (QED) is 0.906. The van der Waals surface area contributed by atoms with Gasteiger partial charge in [0.1, 0.15) is 12.1 Å². The van der Waals surface area contributed by atoms with E-state index in [-0.39, 0.29) is 17.5 Å². The van der Waals surface area contributed by atoms with Crippen LogP contribution in [-0.2, 0) is 4.79 Å². The molecule has 0 saturated carbocycles. The van der Waals surface area contributed by atoms with Gasteiger partial charge in [-0.05, 0) is 39.8 Å². The van der Waals surface area contributed by atoms with Crippen LogP contribution in [0.1, 0.15) is 33.3 Å². The molecule has 0 bridgehead atoms. The third-order valence-corrected chi connectivity index (χ3v) is 2.86. The standard InChI is InChI=1S/C15H21N3O/c1-11(14(19)17-15(2,3)4)18(5)13-9-7-6-8-12(13)10-16/h6-9,11H,1-5H3,(H,17,19). The van der Waals surface area contributed by atoms with Crippen molar-refractivity contribution in [1.82, 2.24) is 5.32 Å². The molecule has 102 valence electrons. The highest BCUT2D eigenvalue weighted by Gasteiger charge is 2.23. The maximum Gasteiger partial charge on any atom is 0.242 e. The number of para-hydroxylation sites is 1. The van der Waals surface area contributed by atoms with Crippen LogP contribution in [-0.4, -0.2) is 24.5 Å². The SMILES string of the molecule is CC(C(=O)NC(C)(C)C)N(C)c1ccccc1C#N. The largest absolute Gasteiger partial charge is 0.362 e. The van der Waals surface area contributed by atoms with Crippen LogP contribution in [0, 0.1) is 11.3 Å². The van der Waals surface area contributed by atoms with Crippen LogP contribution in [0.2, 0.25) is 0 Å². The van der Waals surface area contributed by atoms with Crippen molar-refractivity contribution in [1.29, 1.82) is 5.26 Å². The van der Waals surface area contributed by atoms with Crippen molar-refractivity contribution in [2.45, 2.75) is 39.3 Å². The molecule has 1 amide bonds. The van der Waals surface area contributed by atoms with Crippen molar-refractivity contribution in [3.8, 4) is 6.07 Å². The number of carbonyl (C=O) groups excluding carboxylic acids is 1. The van der Waals surface area contributed by atoms with E-state index in [1.165, 1.54) is 0 Å². The second kappa shape index (κ2) is 5.75. The Hall–Kier alpha value is -2.02. The Balaban J connectivity index is 2.91. The fraction of sp³-hybridized carbons (Fsp3) is 0.467. The number of amides is 1. The second-order valence-corrected chi connectivity index (χ2v) is 5.66. The van der Waals surface area contributed by atoms with Gasteiger partial charge in [0.05, 0.1) is 11.3 Å². The Bertz CT molecular complexity index is 497. The zero-order valence-corrected chi connectivity index (χ0v) is 12.2. The first-order valence-electron chi connectivity index (χ1n) is 6.30. The molecular weight excluding hydrogens is 238 g/mol. The zero-order valence-electron chi connectivity index (χ0n) is 12.2. The van der Waals surface area contributed by atoms with E-state index in [1.807, 2.05) is 57.8 Å². The average molecular weight is 259 g/mol. The highest BCUT2D eigenvalue weighted by molar-refractivity contribution is 5.85. The predicted octanol–water partition coefficient (Wildman–Crippen LogP) is 2.30. The first-order chi connectivity index (χ1) is 8.76. The van der Waals surface area contributed by atoms with Gasteiger partial charge in [0, 0.05) is 12.6 Å². The molecule has 0 saturated heterocycles. The molecule has 0 radical (unpaired) electrons. The molecule has 0 heterocycles. The number of anilines is 1. The third-order valence-electron chi connectivity index (χ3n) is 2.86. The number of rotatable bonds is 3. The molecule has 19 heavy (non-hydrogen) atoms. The van der Waals surface area contributed by atoms with E-state index >= 15 is 0 Å². The van der Waals surface area contributed by atoms with Gasteiger partial charge in [-0.1, -0.05) is 12.1 Å². The molecular formula is C15H21N3O. The summed E-state index contributed by atoms with van der Waals surface area (Å²) >= 11 is 0. The van der Waals surface area contributed by atoms with Crippen molar-refractivity contribution in [3.63, 3.8) is 0 Å². The number of hydrogen-bond acceptors (Lipinski definition) is 3. The van der Waals surface area contributed by atoms with Gasteiger partial charge in [0.25, 0.3) is 0 Å². The first kappa shape index (κ1) is 15.0. The van der Waals surface area contributed by atoms with Gasteiger partial charge in [0.2, 0.25) is 5.91 Å². The normalized spacial score (nSPS) is 12.4. The van der Waals surface area contributed by atoms with Crippen LogP contribution in [0.15, 0.2) is 24.3 Å². The number of nitriles is 1. The van der Waals surface area contributed by atoms with Crippen molar-refractivity contribution >= 4 is 11.6 Å². The molecule has 1 aromatic rings. The molecule has 0 fully saturated rings. The summed E-state index contributed by atoms with van der Waals surface area (Å²) in [6, 6.07) is 9.08. The smallest absolute Gasteiger partial charge is 0.242 e. The molecule has 0 spiro atoms. The van der Waals surface area contributed by atoms with E-state index in [9.17, 15) is 4.79 Å². The lowest BCUT2D eigenvalue weighted by Crippen LogP contribution is -2.50. The number of hydrogen-bond donors (Lipinski definition) is 1. The lowest BCUT2D eigenvalue weighted by atomic mass is 10.1. The van der Waals surface area contributed by atoms with E-state index in [2.05, 4.69) is 11.4 Å². The maximum atomic E-state index is 12.1. The van der Waals surface area contributed by atoms with Crippen LogP contribution < -0.4 is 10.2 Å². The van der Waals surface area contributed by atoms with Crippen molar-refractivity contribution < 1.29 is 4.79 Å². The van der Waals surface area contributed by atoms with Crippen LogP contribution in [0.3, 0.4) is 0 Å². The monoisotopic (exact) mass is 259 g/mol. The summed E-state index contributed by atoms with van der Waals surface area (Å²) in [6.45, 7) is 7.66. The van der Waals surface area contributed by atoms with Gasteiger partial charge in [-0.2, -0.15) is 5.26 Å². The summed E-state index contributed by atoms with van der Waals surface area (Å²) in [7, 11) is 1.82. The number of carbonyl (C=O) groups is 1. The van der Waals surface area contributed by atoms with E-state index < -0.39 is 0 Å². The second-order valence-electron chi connectivity index (χ2n) is 5.66. The Labute approximate surface area is 115 Å². The summed E-state index contributed by atoms with van der Waals surface area (Å²) in [5.74, 6) is -0.0530. The number of benzene rings is 1. The molecule has 0 aliphatic rings. The third kappa shape index (κ3) is 3.99. The molecule has 0 aromatic heterocycles. The highest BCUT2D eigenvalue weighted by atomic mass is 16.2. The van der Waals surface area contributed by atoms with Crippen LogP contribution in [0.4, 0.5) is 5.69 Å². The first-order valence-corrected chi connectivity index (χ1v) is 6.30. The molecule has 1 unspecified atom stereocenters. The van der Waals surface area contributed by atoms with Gasteiger partial charge in [0.15, 0.2) is 0 Å². The van der Waals surface area contributed by atoms with Gasteiger partial charge in [-0.15, -0.1) is 0 Å². The summed E-state index contributed by atoms with van der Waals surface area (Å²) < 4.78 is 0. The molecule has 1 aromatic carbocycles. The maximum absolute atomic E-state index is 12.1. The highest BCUT2D eigenvalue weighted by Crippen LogP contribution is 2.20. The minimum absolute atomic E-state index is 0.0530. The topological polar surface area (TPSA) is 56.1 Å². The van der Waals surface area contributed by atoms with Crippen LogP contribution >= 0.6 is 0 Å². The van der Waals surface area contributed by atoms with Gasteiger partial charge in [-0.3, -0.25) is 4.79 Å². The molecule has 0 aliphatic carbocycles. The number of nitrogens with zero attached hydrogens (tertiary/aromatic N) is 2. The number of likely N-dealkylation sites (N-methyl/N-ethyl adjacent to an activating group) is 1. The van der Waals surface area contributed by atoms with Crippen LogP contribution in [0.5, 0.6) is 0 Å². The van der Waals surface area contributed by atoms with E-state index in [0.717, 1.165) is 5.69 Å². The number of nitrogens with one attached hydrogen (secondary N) is 1. The minimum atomic E-state index is -0.339. The van der Waals surface area contributed by atoms with E-state index in [1.54, 1.807) is 6.07 Å². The lowest BCUT2D eigenvalue weighted by Gasteiger charge is -2.30. The molecule has 0 aliphatic heterocycles. The van der Waals surface area contributed by atoms with Crippen molar-refractivity contribution in [2.75, 3.05) is 11.9 Å². The Kier molecular flexibility index (Phi) is 4.55. The fourth-order valence-corrected chi connectivity index (χ4v) is 1.73. The Morgan fingerprint density at radius 1 is 1.37 bits per heavy atom. The van der Waals surface area contributed by atoms with E-state index in [4.69, 9.17) is 5.26 Å². The molecule has 1 rings (SSSR count). The van der Waals surface area contributed by atoms with Crippen molar-refractivity contribution in [2.24, 2.45) is 0 Å². The van der Waals surface area contributed by atoms with E-state index in [0.29, 0.717) is 5.56 Å².